The molecule has 36 heavy (non-hydrogen) atoms. The van der Waals surface area contributed by atoms with Crippen molar-refractivity contribution in [2.24, 2.45) is 0 Å². The number of nitrogens with zero attached hydrogens (tertiary/aromatic N) is 2. The van der Waals surface area contributed by atoms with Crippen molar-refractivity contribution in [3.8, 4) is 17.0 Å². The second-order valence-corrected chi connectivity index (χ2v) is 8.57. The highest BCUT2D eigenvalue weighted by molar-refractivity contribution is 6.08. The van der Waals surface area contributed by atoms with Crippen LogP contribution in [0, 0.1) is 5.82 Å². The third kappa shape index (κ3) is 3.47. The Morgan fingerprint density at radius 2 is 2.03 bits per heavy atom. The van der Waals surface area contributed by atoms with Crippen molar-refractivity contribution < 1.29 is 13.9 Å². The first kappa shape index (κ1) is 21.8. The molecular formula is C25H22FN7O3. The molecule has 5 heterocycles. The Labute approximate surface area is 204 Å². The highest BCUT2D eigenvalue weighted by Gasteiger charge is 2.33. The number of hydrogen-bond acceptors (Lipinski definition) is 7. The number of H-pyrrole nitrogens is 2. The monoisotopic (exact) mass is 487 g/mol. The van der Waals surface area contributed by atoms with Gasteiger partial charge in [-0.1, -0.05) is 18.2 Å². The van der Waals surface area contributed by atoms with E-state index in [1.807, 2.05) is 12.2 Å². The van der Waals surface area contributed by atoms with E-state index in [0.29, 0.717) is 58.9 Å². The molecule has 1 aromatic carbocycles. The molecule has 0 fully saturated rings. The average molecular weight is 487 g/mol. The minimum atomic E-state index is -0.535. The second-order valence-electron chi connectivity index (χ2n) is 8.57. The highest BCUT2D eigenvalue weighted by atomic mass is 19.1. The van der Waals surface area contributed by atoms with Crippen molar-refractivity contribution in [3.05, 3.63) is 70.0 Å². The fraction of sp³-hybridized carbons (Fsp3) is 0.200. The number of aromatic nitrogens is 4. The maximum absolute atomic E-state index is 14.5. The number of para-hydroxylation sites is 1. The lowest BCUT2D eigenvalue weighted by molar-refractivity contribution is 0.0941. The molecule has 5 N–H and O–H groups in total. The number of carbonyl (C=O) groups is 1. The smallest absolute Gasteiger partial charge is 0.292 e. The molecule has 0 aliphatic carbocycles. The molecule has 10 nitrogen and oxygen atoms in total. The largest absolute Gasteiger partial charge is 0.492 e. The van der Waals surface area contributed by atoms with Crippen LogP contribution in [-0.4, -0.2) is 46.0 Å². The highest BCUT2D eigenvalue weighted by Crippen LogP contribution is 2.43. The summed E-state index contributed by atoms with van der Waals surface area (Å²) in [6.07, 6.45) is 6.14. The molecule has 0 unspecified atom stereocenters. The number of ether oxygens (including phenoxy) is 1. The molecule has 0 saturated carbocycles. The van der Waals surface area contributed by atoms with E-state index in [0.717, 1.165) is 5.69 Å². The summed E-state index contributed by atoms with van der Waals surface area (Å²) in [4.78, 5) is 40.8. The number of amides is 1. The molecular weight excluding hydrogens is 465 g/mol. The Kier molecular flexibility index (Phi) is 5.17. The van der Waals surface area contributed by atoms with E-state index in [-0.39, 0.29) is 29.0 Å². The first-order valence-corrected chi connectivity index (χ1v) is 11.5. The number of fused-ring (bicyclic) bond motifs is 3. The third-order valence-corrected chi connectivity index (χ3v) is 6.44. The number of benzene rings is 1. The predicted octanol–water partition coefficient (Wildman–Crippen LogP) is 3.40. The van der Waals surface area contributed by atoms with Gasteiger partial charge < -0.3 is 30.7 Å². The van der Waals surface area contributed by atoms with Gasteiger partial charge in [0.15, 0.2) is 23.0 Å². The van der Waals surface area contributed by atoms with E-state index in [1.165, 1.54) is 13.2 Å². The quantitative estimate of drug-likeness (QED) is 0.279. The van der Waals surface area contributed by atoms with Gasteiger partial charge in [0, 0.05) is 36.5 Å². The lowest BCUT2D eigenvalue weighted by Gasteiger charge is -2.23. The number of methoxy groups -OCH3 is 1. The molecule has 3 aromatic heterocycles. The second kappa shape index (κ2) is 8.52. The van der Waals surface area contributed by atoms with Crippen molar-refractivity contribution >= 4 is 34.3 Å². The van der Waals surface area contributed by atoms with Crippen LogP contribution in [0.25, 0.3) is 22.4 Å². The van der Waals surface area contributed by atoms with Crippen LogP contribution < -0.4 is 26.2 Å². The molecule has 1 atom stereocenters. The van der Waals surface area contributed by atoms with Gasteiger partial charge >= 0.3 is 0 Å². The number of halogens is 1. The molecule has 0 spiro atoms. The number of aromatic amines is 2. The normalized spacial score (nSPS) is 17.4. The van der Waals surface area contributed by atoms with Gasteiger partial charge in [0.05, 0.1) is 29.7 Å². The summed E-state index contributed by atoms with van der Waals surface area (Å²) in [6.45, 7) is 0.882. The Hall–Kier alpha value is -4.67. The maximum Gasteiger partial charge on any atom is 0.292 e. The number of anilines is 3. The Bertz CT molecular complexity index is 1610. The molecule has 0 radical (unpaired) electrons. The molecule has 4 aromatic rings. The van der Waals surface area contributed by atoms with Crippen LogP contribution >= 0.6 is 0 Å². The zero-order chi connectivity index (χ0) is 24.8. The Morgan fingerprint density at radius 1 is 1.14 bits per heavy atom. The van der Waals surface area contributed by atoms with E-state index >= 15 is 0 Å². The van der Waals surface area contributed by atoms with Crippen LogP contribution in [-0.2, 0) is 0 Å². The fourth-order valence-electron chi connectivity index (χ4n) is 4.75. The fourth-order valence-corrected chi connectivity index (χ4v) is 4.75. The molecule has 1 amide bonds. The molecule has 2 aliphatic rings. The first-order valence-electron chi connectivity index (χ1n) is 11.5. The van der Waals surface area contributed by atoms with E-state index in [2.05, 4.69) is 35.9 Å². The van der Waals surface area contributed by atoms with Crippen LogP contribution in [0.4, 0.5) is 21.6 Å². The van der Waals surface area contributed by atoms with Gasteiger partial charge in [0.1, 0.15) is 5.52 Å². The Balaban J connectivity index is 1.66. The lowest BCUT2D eigenvalue weighted by Crippen LogP contribution is -2.34. The molecule has 182 valence electrons. The lowest BCUT2D eigenvalue weighted by atomic mass is 9.93. The zero-order valence-corrected chi connectivity index (χ0v) is 19.2. The van der Waals surface area contributed by atoms with Crippen LogP contribution in [0.15, 0.2) is 47.4 Å². The number of hydrogen-bond donors (Lipinski definition) is 5. The summed E-state index contributed by atoms with van der Waals surface area (Å²) < 4.78 is 19.8. The van der Waals surface area contributed by atoms with Gasteiger partial charge in [-0.05, 0) is 24.6 Å². The SMILES string of the molecule is COc1c(F)cccc1Nc1c2[nH]c3c1C(=O)NC[C@@H]3C/C=C\CNc1nc3c-2ccnc3[nH]c1=O. The van der Waals surface area contributed by atoms with E-state index in [4.69, 9.17) is 4.74 Å². The summed E-state index contributed by atoms with van der Waals surface area (Å²) in [5, 5.41) is 9.27. The number of nitrogens with one attached hydrogen (secondary N) is 5. The minimum absolute atomic E-state index is 0.0200. The van der Waals surface area contributed by atoms with Gasteiger partial charge in [-0.15, -0.1) is 0 Å². The van der Waals surface area contributed by atoms with Gasteiger partial charge in [0.2, 0.25) is 0 Å². The third-order valence-electron chi connectivity index (χ3n) is 6.44. The van der Waals surface area contributed by atoms with Gasteiger partial charge in [-0.25, -0.2) is 14.4 Å². The summed E-state index contributed by atoms with van der Waals surface area (Å²) in [5.41, 5.74) is 3.54. The Morgan fingerprint density at radius 3 is 2.89 bits per heavy atom. The number of pyridine rings is 1. The standard InChI is InChI=1S/C25H22FN7O3/c1-36-21-14(26)6-4-7-15(21)30-20-16-17-12(11-29-24(16)34)5-2-3-9-27-23-25(35)33-22-19(32-23)13(8-10-28-22)18(20)31-17/h2-4,6-8,10,12,30-31H,5,9,11H2,1H3,(H,27,32)(H,29,34)(H,28,33,35)/b3-2-/t12-/m0/s1. The molecule has 6 rings (SSSR count). The maximum atomic E-state index is 14.5. The van der Waals surface area contributed by atoms with E-state index in [1.54, 1.807) is 24.4 Å². The number of carbonyl (C=O) groups excluding carboxylic acids is 1. The first-order chi connectivity index (χ1) is 17.5. The summed E-state index contributed by atoms with van der Waals surface area (Å²) in [7, 11) is 1.38. The van der Waals surface area contributed by atoms with Gasteiger partial charge in [-0.2, -0.15) is 0 Å². The van der Waals surface area contributed by atoms with Crippen LogP contribution in [0.5, 0.6) is 5.75 Å². The van der Waals surface area contributed by atoms with Crippen molar-refractivity contribution in [1.29, 1.82) is 0 Å². The molecule has 0 saturated heterocycles. The van der Waals surface area contributed by atoms with Crippen molar-refractivity contribution in [3.63, 3.8) is 0 Å². The molecule has 4 bridgehead atoms. The van der Waals surface area contributed by atoms with Crippen molar-refractivity contribution in [2.75, 3.05) is 30.8 Å². The topological polar surface area (TPSA) is 137 Å². The van der Waals surface area contributed by atoms with Crippen LogP contribution in [0.1, 0.15) is 28.4 Å². The van der Waals surface area contributed by atoms with E-state index < -0.39 is 5.82 Å². The minimum Gasteiger partial charge on any atom is -0.492 e. The van der Waals surface area contributed by atoms with Gasteiger partial charge in [-0.3, -0.25) is 9.59 Å². The van der Waals surface area contributed by atoms with Crippen molar-refractivity contribution in [2.45, 2.75) is 12.3 Å². The average Bonchev–Trinajstić information content (AvgIpc) is 3.25. The molecule has 2 aliphatic heterocycles. The summed E-state index contributed by atoms with van der Waals surface area (Å²) >= 11 is 0. The molecule has 11 heteroatoms. The van der Waals surface area contributed by atoms with E-state index in [9.17, 15) is 14.0 Å². The predicted molar refractivity (Wildman–Crippen MR) is 134 cm³/mol. The van der Waals surface area contributed by atoms with Crippen LogP contribution in [0.2, 0.25) is 0 Å². The number of allylic oxidation sites excluding steroid dienone is 1. The van der Waals surface area contributed by atoms with Crippen LogP contribution in [0.3, 0.4) is 0 Å². The van der Waals surface area contributed by atoms with Gasteiger partial charge in [0.25, 0.3) is 11.5 Å². The van der Waals surface area contributed by atoms with Crippen molar-refractivity contribution in [1.82, 2.24) is 25.3 Å². The number of rotatable bonds is 3. The summed E-state index contributed by atoms with van der Waals surface area (Å²) in [6, 6.07) is 6.29. The zero-order valence-electron chi connectivity index (χ0n) is 19.2. The summed E-state index contributed by atoms with van der Waals surface area (Å²) in [5.74, 6) is -0.618.